The van der Waals surface area contributed by atoms with Gasteiger partial charge in [0.2, 0.25) is 10.0 Å². The minimum Gasteiger partial charge on any atom is -0.383 e. The van der Waals surface area contributed by atoms with Gasteiger partial charge in [-0.05, 0) is 38.8 Å². The standard InChI is InChI=1S/C17H34N4O4S/c1-25-14-8-18-17(22)20-11-6-7-16(15-20)21(26(2,23)24)13-12-19-9-4-3-5-10-19/h16H,3-15H2,1-2H3,(H,18,22). The Kier molecular flexibility index (Phi) is 8.59. The zero-order chi connectivity index (χ0) is 19.0. The van der Waals surface area contributed by atoms with E-state index in [-0.39, 0.29) is 12.1 Å². The van der Waals surface area contributed by atoms with Crippen molar-refractivity contribution in [2.24, 2.45) is 0 Å². The number of nitrogens with zero attached hydrogens (tertiary/aromatic N) is 3. The van der Waals surface area contributed by atoms with Crippen LogP contribution < -0.4 is 5.32 Å². The van der Waals surface area contributed by atoms with Gasteiger partial charge in [0, 0.05) is 45.9 Å². The molecule has 1 unspecified atom stereocenters. The average Bonchev–Trinajstić information content (AvgIpc) is 2.62. The molecule has 152 valence electrons. The topological polar surface area (TPSA) is 82.2 Å². The van der Waals surface area contributed by atoms with Gasteiger partial charge in [-0.15, -0.1) is 0 Å². The highest BCUT2D eigenvalue weighted by Crippen LogP contribution is 2.19. The molecule has 1 N–H and O–H groups in total. The Morgan fingerprint density at radius 3 is 2.58 bits per heavy atom. The molecule has 0 spiro atoms. The van der Waals surface area contributed by atoms with Crippen molar-refractivity contribution in [2.75, 3.05) is 65.8 Å². The lowest BCUT2D eigenvalue weighted by molar-refractivity contribution is 0.136. The number of amides is 2. The second-order valence-electron chi connectivity index (χ2n) is 7.24. The molecule has 0 radical (unpaired) electrons. The van der Waals surface area contributed by atoms with Crippen LogP contribution in [0.2, 0.25) is 0 Å². The summed E-state index contributed by atoms with van der Waals surface area (Å²) in [6.45, 7) is 5.42. The van der Waals surface area contributed by atoms with Gasteiger partial charge in [0.1, 0.15) is 0 Å². The number of ether oxygens (including phenoxy) is 1. The molecule has 0 saturated carbocycles. The molecular weight excluding hydrogens is 356 g/mol. The van der Waals surface area contributed by atoms with E-state index in [0.29, 0.717) is 32.8 Å². The van der Waals surface area contributed by atoms with Crippen LogP contribution in [-0.4, -0.2) is 100 Å². The molecule has 2 aliphatic rings. The van der Waals surface area contributed by atoms with Crippen molar-refractivity contribution < 1.29 is 17.9 Å². The zero-order valence-electron chi connectivity index (χ0n) is 16.2. The molecule has 2 saturated heterocycles. The van der Waals surface area contributed by atoms with Crippen LogP contribution in [0.1, 0.15) is 32.1 Å². The summed E-state index contributed by atoms with van der Waals surface area (Å²) >= 11 is 0. The highest BCUT2D eigenvalue weighted by molar-refractivity contribution is 7.88. The molecule has 0 aromatic heterocycles. The zero-order valence-corrected chi connectivity index (χ0v) is 17.0. The monoisotopic (exact) mass is 390 g/mol. The first-order chi connectivity index (χ1) is 12.4. The number of likely N-dealkylation sites (tertiary alicyclic amines) is 2. The summed E-state index contributed by atoms with van der Waals surface area (Å²) in [6, 6.07) is -0.284. The Labute approximate surface area is 157 Å². The molecule has 0 aromatic rings. The van der Waals surface area contributed by atoms with Crippen LogP contribution in [-0.2, 0) is 14.8 Å². The first-order valence-electron chi connectivity index (χ1n) is 9.62. The van der Waals surface area contributed by atoms with Gasteiger partial charge in [0.25, 0.3) is 0 Å². The molecule has 8 nitrogen and oxygen atoms in total. The maximum atomic E-state index is 12.4. The number of hydrogen-bond acceptors (Lipinski definition) is 5. The van der Waals surface area contributed by atoms with E-state index in [4.69, 9.17) is 4.74 Å². The van der Waals surface area contributed by atoms with E-state index >= 15 is 0 Å². The maximum absolute atomic E-state index is 12.4. The molecule has 0 aromatic carbocycles. The summed E-state index contributed by atoms with van der Waals surface area (Å²) in [5.41, 5.74) is 0. The second kappa shape index (κ2) is 10.4. The third-order valence-electron chi connectivity index (χ3n) is 5.18. The number of hydrogen-bond donors (Lipinski definition) is 1. The molecule has 0 bridgehead atoms. The van der Waals surface area contributed by atoms with Crippen molar-refractivity contribution >= 4 is 16.1 Å². The van der Waals surface area contributed by atoms with Crippen molar-refractivity contribution in [3.05, 3.63) is 0 Å². The van der Waals surface area contributed by atoms with Crippen LogP contribution in [0.25, 0.3) is 0 Å². The predicted molar refractivity (Wildman–Crippen MR) is 102 cm³/mol. The maximum Gasteiger partial charge on any atom is 0.317 e. The fraction of sp³-hybridized carbons (Fsp3) is 0.941. The van der Waals surface area contributed by atoms with E-state index in [9.17, 15) is 13.2 Å². The fourth-order valence-corrected chi connectivity index (χ4v) is 4.92. The van der Waals surface area contributed by atoms with Gasteiger partial charge in [0.05, 0.1) is 12.9 Å². The Hall–Kier alpha value is -0.900. The molecule has 26 heavy (non-hydrogen) atoms. The molecule has 2 rings (SSSR count). The lowest BCUT2D eigenvalue weighted by Gasteiger charge is -2.39. The van der Waals surface area contributed by atoms with Crippen LogP contribution in [0.5, 0.6) is 0 Å². The van der Waals surface area contributed by atoms with Crippen molar-refractivity contribution in [3.8, 4) is 0 Å². The molecule has 2 amide bonds. The Balaban J connectivity index is 1.92. The third-order valence-corrected chi connectivity index (χ3v) is 6.52. The Morgan fingerprint density at radius 1 is 1.19 bits per heavy atom. The summed E-state index contributed by atoms with van der Waals surface area (Å²) in [4.78, 5) is 16.4. The number of rotatable bonds is 8. The Bertz CT molecular complexity index is 537. The minimum absolute atomic E-state index is 0.142. The number of urea groups is 1. The summed E-state index contributed by atoms with van der Waals surface area (Å²) in [5.74, 6) is 0. The van der Waals surface area contributed by atoms with Crippen LogP contribution >= 0.6 is 0 Å². The lowest BCUT2D eigenvalue weighted by atomic mass is 10.1. The van der Waals surface area contributed by atoms with Gasteiger partial charge >= 0.3 is 6.03 Å². The van der Waals surface area contributed by atoms with Crippen molar-refractivity contribution in [1.29, 1.82) is 0 Å². The summed E-state index contributed by atoms with van der Waals surface area (Å²) in [7, 11) is -1.71. The van der Waals surface area contributed by atoms with E-state index in [1.807, 2.05) is 0 Å². The van der Waals surface area contributed by atoms with E-state index in [0.717, 1.165) is 32.5 Å². The third kappa shape index (κ3) is 6.68. The number of methoxy groups -OCH3 is 1. The molecule has 9 heteroatoms. The first-order valence-corrected chi connectivity index (χ1v) is 11.5. The Morgan fingerprint density at radius 2 is 1.92 bits per heavy atom. The smallest absolute Gasteiger partial charge is 0.317 e. The predicted octanol–water partition coefficient (Wildman–Crippen LogP) is 0.554. The highest BCUT2D eigenvalue weighted by Gasteiger charge is 2.32. The molecule has 0 aliphatic carbocycles. The molecule has 1 atom stereocenters. The van der Waals surface area contributed by atoms with E-state index in [1.54, 1.807) is 16.3 Å². The number of sulfonamides is 1. The average molecular weight is 391 g/mol. The van der Waals surface area contributed by atoms with Gasteiger partial charge in [-0.3, -0.25) is 0 Å². The van der Waals surface area contributed by atoms with Crippen molar-refractivity contribution in [2.45, 2.75) is 38.1 Å². The number of piperidine rings is 2. The summed E-state index contributed by atoms with van der Waals surface area (Å²) in [5, 5.41) is 2.82. The van der Waals surface area contributed by atoms with Crippen molar-refractivity contribution in [3.63, 3.8) is 0 Å². The number of nitrogens with one attached hydrogen (secondary N) is 1. The lowest BCUT2D eigenvalue weighted by Crippen LogP contribution is -2.55. The van der Waals surface area contributed by atoms with Gasteiger partial charge < -0.3 is 19.9 Å². The first kappa shape index (κ1) is 21.4. The van der Waals surface area contributed by atoms with Crippen molar-refractivity contribution in [1.82, 2.24) is 19.4 Å². The van der Waals surface area contributed by atoms with E-state index < -0.39 is 10.0 Å². The fourth-order valence-electron chi connectivity index (χ4n) is 3.79. The SMILES string of the molecule is COCCNC(=O)N1CCCC(N(CCN2CCCCC2)S(C)(=O)=O)C1. The van der Waals surface area contributed by atoms with Crippen LogP contribution in [0.4, 0.5) is 4.79 Å². The summed E-state index contributed by atoms with van der Waals surface area (Å²) in [6.07, 6.45) is 6.55. The highest BCUT2D eigenvalue weighted by atomic mass is 32.2. The number of carbonyl (C=O) groups is 1. The molecule has 2 heterocycles. The molecule has 2 aliphatic heterocycles. The number of carbonyl (C=O) groups excluding carboxylic acids is 1. The van der Waals surface area contributed by atoms with E-state index in [1.165, 1.54) is 25.5 Å². The molecular formula is C17H34N4O4S. The normalized spacial score (nSPS) is 22.6. The van der Waals surface area contributed by atoms with Gasteiger partial charge in [-0.2, -0.15) is 4.31 Å². The quantitative estimate of drug-likeness (QED) is 0.612. The van der Waals surface area contributed by atoms with Gasteiger partial charge in [-0.25, -0.2) is 13.2 Å². The molecule has 2 fully saturated rings. The summed E-state index contributed by atoms with van der Waals surface area (Å²) < 4.78 is 31.3. The van der Waals surface area contributed by atoms with Crippen LogP contribution in [0.3, 0.4) is 0 Å². The minimum atomic E-state index is -3.31. The second-order valence-corrected chi connectivity index (χ2v) is 9.18. The van der Waals surface area contributed by atoms with Gasteiger partial charge in [0.15, 0.2) is 0 Å². The largest absolute Gasteiger partial charge is 0.383 e. The van der Waals surface area contributed by atoms with Crippen LogP contribution in [0, 0.1) is 0 Å². The van der Waals surface area contributed by atoms with E-state index in [2.05, 4.69) is 10.2 Å². The van der Waals surface area contributed by atoms with Crippen LogP contribution in [0.15, 0.2) is 0 Å². The van der Waals surface area contributed by atoms with Gasteiger partial charge in [-0.1, -0.05) is 6.42 Å².